The van der Waals surface area contributed by atoms with E-state index in [1.807, 2.05) is 30.3 Å². The van der Waals surface area contributed by atoms with Gasteiger partial charge in [0.05, 0.1) is 5.56 Å². The molecule has 0 aliphatic heterocycles. The Morgan fingerprint density at radius 3 is 2.14 bits per heavy atom. The fourth-order valence-corrected chi connectivity index (χ4v) is 3.29. The average Bonchev–Trinajstić information content (AvgIpc) is 2.74. The largest absolute Gasteiger partial charge is 0.423 e. The molecule has 0 heterocycles. The van der Waals surface area contributed by atoms with Gasteiger partial charge in [-0.2, -0.15) is 0 Å². The van der Waals surface area contributed by atoms with Gasteiger partial charge >= 0.3 is 5.97 Å². The van der Waals surface area contributed by atoms with Crippen molar-refractivity contribution in [2.75, 3.05) is 0 Å². The van der Waals surface area contributed by atoms with E-state index in [0.29, 0.717) is 16.9 Å². The lowest BCUT2D eigenvalue weighted by molar-refractivity contribution is 0.0734. The Balaban J connectivity index is 1.67. The zero-order chi connectivity index (χ0) is 20.6. The number of carbonyl (C=O) groups is 1. The van der Waals surface area contributed by atoms with Crippen molar-refractivity contribution < 1.29 is 13.9 Å². The second kappa shape index (κ2) is 10.0. The van der Waals surface area contributed by atoms with E-state index < -0.39 is 5.97 Å². The summed E-state index contributed by atoms with van der Waals surface area (Å²) in [6, 6.07) is 19.8. The standard InChI is InChI=1S/C26H27FO2/c1-3-5-7-19-8-15-23(16-9-19)29-26(28)22-13-11-21(12-14-22)24-17-10-20(6-4-2)18-25(24)27/h8-18H,3-7H2,1-2H3. The third-order valence-electron chi connectivity index (χ3n) is 4.96. The zero-order valence-electron chi connectivity index (χ0n) is 17.1. The molecule has 0 saturated heterocycles. The van der Waals surface area contributed by atoms with Gasteiger partial charge in [0.1, 0.15) is 11.6 Å². The normalized spacial score (nSPS) is 10.7. The second-order valence-electron chi connectivity index (χ2n) is 7.28. The predicted molar refractivity (Wildman–Crippen MR) is 116 cm³/mol. The first-order chi connectivity index (χ1) is 14.1. The molecule has 3 aromatic carbocycles. The molecular weight excluding hydrogens is 363 g/mol. The van der Waals surface area contributed by atoms with Crippen LogP contribution in [-0.2, 0) is 12.8 Å². The minimum absolute atomic E-state index is 0.241. The molecule has 0 aliphatic rings. The van der Waals surface area contributed by atoms with Gasteiger partial charge in [-0.1, -0.05) is 63.1 Å². The van der Waals surface area contributed by atoms with Gasteiger partial charge in [0.2, 0.25) is 0 Å². The number of aryl methyl sites for hydroxylation is 2. The first-order valence-corrected chi connectivity index (χ1v) is 10.3. The van der Waals surface area contributed by atoms with Crippen LogP contribution in [0.2, 0.25) is 0 Å². The van der Waals surface area contributed by atoms with E-state index in [4.69, 9.17) is 4.74 Å². The van der Waals surface area contributed by atoms with E-state index in [1.165, 1.54) is 5.56 Å². The summed E-state index contributed by atoms with van der Waals surface area (Å²) in [4.78, 5) is 12.4. The Hall–Kier alpha value is -2.94. The van der Waals surface area contributed by atoms with E-state index in [-0.39, 0.29) is 5.82 Å². The molecule has 0 radical (unpaired) electrons. The van der Waals surface area contributed by atoms with Crippen LogP contribution in [0.3, 0.4) is 0 Å². The molecule has 0 bridgehead atoms. The van der Waals surface area contributed by atoms with Gasteiger partial charge in [-0.15, -0.1) is 0 Å². The lowest BCUT2D eigenvalue weighted by Gasteiger charge is -2.08. The summed E-state index contributed by atoms with van der Waals surface area (Å²) in [5.41, 5.74) is 3.94. The smallest absolute Gasteiger partial charge is 0.343 e. The van der Waals surface area contributed by atoms with Crippen LogP contribution in [0.4, 0.5) is 4.39 Å². The number of esters is 1. The first-order valence-electron chi connectivity index (χ1n) is 10.3. The second-order valence-corrected chi connectivity index (χ2v) is 7.28. The highest BCUT2D eigenvalue weighted by Gasteiger charge is 2.11. The van der Waals surface area contributed by atoms with Crippen LogP contribution in [-0.4, -0.2) is 5.97 Å². The molecule has 0 spiro atoms. The fourth-order valence-electron chi connectivity index (χ4n) is 3.29. The minimum Gasteiger partial charge on any atom is -0.423 e. The monoisotopic (exact) mass is 390 g/mol. The van der Waals surface area contributed by atoms with Crippen molar-refractivity contribution in [2.45, 2.75) is 46.0 Å². The van der Waals surface area contributed by atoms with Gasteiger partial charge < -0.3 is 4.74 Å². The molecule has 0 atom stereocenters. The maximum absolute atomic E-state index is 14.4. The lowest BCUT2D eigenvalue weighted by atomic mass is 10.0. The van der Waals surface area contributed by atoms with Gasteiger partial charge in [0.25, 0.3) is 0 Å². The van der Waals surface area contributed by atoms with E-state index in [0.717, 1.165) is 43.2 Å². The Morgan fingerprint density at radius 2 is 1.52 bits per heavy atom. The number of ether oxygens (including phenoxy) is 1. The number of rotatable bonds is 8. The molecule has 2 nitrogen and oxygen atoms in total. The number of hydrogen-bond acceptors (Lipinski definition) is 2. The van der Waals surface area contributed by atoms with Gasteiger partial charge in [0, 0.05) is 5.56 Å². The number of carbonyl (C=O) groups excluding carboxylic acids is 1. The summed E-state index contributed by atoms with van der Waals surface area (Å²) >= 11 is 0. The van der Waals surface area contributed by atoms with Crippen LogP contribution < -0.4 is 4.74 Å². The Morgan fingerprint density at radius 1 is 0.828 bits per heavy atom. The van der Waals surface area contributed by atoms with E-state index in [1.54, 1.807) is 36.4 Å². The molecule has 0 fully saturated rings. The lowest BCUT2D eigenvalue weighted by Crippen LogP contribution is -2.08. The number of benzene rings is 3. The highest BCUT2D eigenvalue weighted by atomic mass is 19.1. The molecule has 29 heavy (non-hydrogen) atoms. The number of halogens is 1. The van der Waals surface area contributed by atoms with Crippen LogP contribution >= 0.6 is 0 Å². The fraction of sp³-hybridized carbons (Fsp3) is 0.269. The van der Waals surface area contributed by atoms with Crippen LogP contribution in [0.5, 0.6) is 5.75 Å². The molecule has 3 heteroatoms. The molecule has 0 aromatic heterocycles. The van der Waals surface area contributed by atoms with Crippen molar-refractivity contribution >= 4 is 5.97 Å². The first kappa shape index (κ1) is 20.8. The molecule has 150 valence electrons. The van der Waals surface area contributed by atoms with E-state index in [9.17, 15) is 9.18 Å². The number of hydrogen-bond donors (Lipinski definition) is 0. The Bertz CT molecular complexity index is 943. The molecule has 0 unspecified atom stereocenters. The highest BCUT2D eigenvalue weighted by molar-refractivity contribution is 5.91. The predicted octanol–water partition coefficient (Wildman–Crippen LogP) is 7.01. The van der Waals surface area contributed by atoms with Crippen molar-refractivity contribution in [1.29, 1.82) is 0 Å². The number of unbranched alkanes of at least 4 members (excludes halogenated alkanes) is 1. The highest BCUT2D eigenvalue weighted by Crippen LogP contribution is 2.25. The summed E-state index contributed by atoms with van der Waals surface area (Å²) in [6.07, 6.45) is 5.17. The van der Waals surface area contributed by atoms with Crippen LogP contribution in [0, 0.1) is 5.82 Å². The third-order valence-corrected chi connectivity index (χ3v) is 4.96. The van der Waals surface area contributed by atoms with Crippen LogP contribution in [0.25, 0.3) is 11.1 Å². The molecule has 3 rings (SSSR count). The summed E-state index contributed by atoms with van der Waals surface area (Å²) in [6.45, 7) is 4.24. The summed E-state index contributed by atoms with van der Waals surface area (Å²) in [5.74, 6) is -0.136. The van der Waals surface area contributed by atoms with Crippen molar-refractivity contribution in [2.24, 2.45) is 0 Å². The molecule has 3 aromatic rings. The van der Waals surface area contributed by atoms with E-state index >= 15 is 0 Å². The topological polar surface area (TPSA) is 26.3 Å². The molecule has 0 amide bonds. The van der Waals surface area contributed by atoms with Gasteiger partial charge in [-0.25, -0.2) is 9.18 Å². The van der Waals surface area contributed by atoms with Crippen LogP contribution in [0.15, 0.2) is 66.7 Å². The summed E-state index contributed by atoms with van der Waals surface area (Å²) in [7, 11) is 0. The van der Waals surface area contributed by atoms with Gasteiger partial charge in [-0.3, -0.25) is 0 Å². The molecule has 0 aliphatic carbocycles. The minimum atomic E-state index is -0.420. The maximum Gasteiger partial charge on any atom is 0.343 e. The van der Waals surface area contributed by atoms with Gasteiger partial charge in [0.15, 0.2) is 0 Å². The average molecular weight is 390 g/mol. The molecular formula is C26H27FO2. The van der Waals surface area contributed by atoms with Gasteiger partial charge in [-0.05, 0) is 66.3 Å². The van der Waals surface area contributed by atoms with Crippen molar-refractivity contribution in [1.82, 2.24) is 0 Å². The van der Waals surface area contributed by atoms with Crippen molar-refractivity contribution in [3.05, 3.63) is 89.2 Å². The quantitative estimate of drug-likeness (QED) is 0.305. The zero-order valence-corrected chi connectivity index (χ0v) is 17.1. The van der Waals surface area contributed by atoms with Crippen molar-refractivity contribution in [3.63, 3.8) is 0 Å². The van der Waals surface area contributed by atoms with Crippen molar-refractivity contribution in [3.8, 4) is 16.9 Å². The van der Waals surface area contributed by atoms with E-state index in [2.05, 4.69) is 13.8 Å². The SMILES string of the molecule is CCCCc1ccc(OC(=O)c2ccc(-c3ccc(CCC)cc3F)cc2)cc1. The Labute approximate surface area is 172 Å². The Kier molecular flexibility index (Phi) is 7.18. The maximum atomic E-state index is 14.4. The molecule has 0 N–H and O–H groups in total. The van der Waals surface area contributed by atoms with Crippen LogP contribution in [0.1, 0.15) is 54.6 Å². The molecule has 0 saturated carbocycles. The summed E-state index contributed by atoms with van der Waals surface area (Å²) < 4.78 is 19.9. The summed E-state index contributed by atoms with van der Waals surface area (Å²) in [5, 5.41) is 0. The third kappa shape index (κ3) is 5.54.